The summed E-state index contributed by atoms with van der Waals surface area (Å²) in [6, 6.07) is 8.52. The van der Waals surface area contributed by atoms with Crippen molar-refractivity contribution in [3.63, 3.8) is 0 Å². The summed E-state index contributed by atoms with van der Waals surface area (Å²) in [5.74, 6) is -0.435. The Morgan fingerprint density at radius 2 is 1.81 bits per heavy atom. The van der Waals surface area contributed by atoms with E-state index < -0.39 is 0 Å². The molecular weight excluding hydrogens is 275 g/mol. The summed E-state index contributed by atoms with van der Waals surface area (Å²) < 4.78 is 18.2. The van der Waals surface area contributed by atoms with E-state index >= 15 is 0 Å². The predicted octanol–water partition coefficient (Wildman–Crippen LogP) is 3.26. The zero-order valence-electron chi connectivity index (χ0n) is 11.0. The maximum absolute atomic E-state index is 13.1. The van der Waals surface area contributed by atoms with E-state index in [0.717, 1.165) is 0 Å². The number of aromatic hydroxyl groups is 2. The van der Waals surface area contributed by atoms with Crippen LogP contribution in [0.2, 0.25) is 0 Å². The van der Waals surface area contributed by atoms with Gasteiger partial charge in [0, 0.05) is 5.56 Å². The monoisotopic (exact) mass is 286 g/mol. The van der Waals surface area contributed by atoms with E-state index in [2.05, 4.69) is 10.1 Å². The highest BCUT2D eigenvalue weighted by Gasteiger charge is 2.18. The molecule has 0 fully saturated rings. The van der Waals surface area contributed by atoms with Gasteiger partial charge < -0.3 is 14.7 Å². The standard InChI is InChI=1S/C15H11FN2O3/c1-8-7-9(16)5-6-10(8)14-17-15(21-18-14)13-11(19)3-2-4-12(13)20/h2-7,19-20H,1H3. The first kappa shape index (κ1) is 13.1. The molecule has 0 aliphatic carbocycles. The van der Waals surface area contributed by atoms with Gasteiger partial charge in [0.05, 0.1) is 0 Å². The fourth-order valence-corrected chi connectivity index (χ4v) is 2.06. The van der Waals surface area contributed by atoms with Crippen molar-refractivity contribution in [2.24, 2.45) is 0 Å². The molecule has 0 aliphatic rings. The van der Waals surface area contributed by atoms with Crippen molar-refractivity contribution in [3.8, 4) is 34.3 Å². The van der Waals surface area contributed by atoms with Crippen LogP contribution in [0.15, 0.2) is 40.9 Å². The predicted molar refractivity (Wildman–Crippen MR) is 73.2 cm³/mol. The first-order chi connectivity index (χ1) is 10.1. The molecule has 0 spiro atoms. The van der Waals surface area contributed by atoms with Crippen molar-refractivity contribution in [1.29, 1.82) is 0 Å². The Morgan fingerprint density at radius 1 is 1.10 bits per heavy atom. The number of hydrogen-bond donors (Lipinski definition) is 2. The van der Waals surface area contributed by atoms with E-state index in [1.165, 1.54) is 30.3 Å². The fraction of sp³-hybridized carbons (Fsp3) is 0.0667. The maximum atomic E-state index is 13.1. The zero-order chi connectivity index (χ0) is 15.0. The average molecular weight is 286 g/mol. The van der Waals surface area contributed by atoms with Crippen LogP contribution < -0.4 is 0 Å². The van der Waals surface area contributed by atoms with Crippen molar-refractivity contribution in [2.45, 2.75) is 6.92 Å². The van der Waals surface area contributed by atoms with Gasteiger partial charge in [-0.3, -0.25) is 0 Å². The molecule has 3 rings (SSSR count). The van der Waals surface area contributed by atoms with Crippen molar-refractivity contribution in [3.05, 3.63) is 47.8 Å². The molecule has 3 aromatic rings. The summed E-state index contributed by atoms with van der Waals surface area (Å²) in [5.41, 5.74) is 1.33. The molecule has 2 aromatic carbocycles. The molecule has 0 atom stereocenters. The van der Waals surface area contributed by atoms with Gasteiger partial charge in [0.2, 0.25) is 5.82 Å². The van der Waals surface area contributed by atoms with Crippen LogP contribution in [-0.4, -0.2) is 20.4 Å². The summed E-state index contributed by atoms with van der Waals surface area (Å²) in [6.45, 7) is 1.73. The van der Waals surface area contributed by atoms with Crippen LogP contribution in [0.3, 0.4) is 0 Å². The third-order valence-electron chi connectivity index (χ3n) is 3.09. The normalized spacial score (nSPS) is 10.8. The number of halogens is 1. The Balaban J connectivity index is 2.08. The van der Waals surface area contributed by atoms with Crippen molar-refractivity contribution in [1.82, 2.24) is 10.1 Å². The van der Waals surface area contributed by atoms with Crippen LogP contribution in [0.25, 0.3) is 22.8 Å². The molecule has 21 heavy (non-hydrogen) atoms. The van der Waals surface area contributed by atoms with Gasteiger partial charge in [-0.15, -0.1) is 0 Å². The molecule has 0 saturated heterocycles. The molecule has 6 heteroatoms. The molecule has 0 bridgehead atoms. The van der Waals surface area contributed by atoms with Gasteiger partial charge in [-0.25, -0.2) is 4.39 Å². The van der Waals surface area contributed by atoms with Crippen LogP contribution in [0.5, 0.6) is 11.5 Å². The van der Waals surface area contributed by atoms with Gasteiger partial charge in [0.25, 0.3) is 5.89 Å². The number of hydrogen-bond acceptors (Lipinski definition) is 5. The highest BCUT2D eigenvalue weighted by atomic mass is 19.1. The number of aromatic nitrogens is 2. The van der Waals surface area contributed by atoms with E-state index in [0.29, 0.717) is 11.1 Å². The van der Waals surface area contributed by atoms with E-state index in [4.69, 9.17) is 4.52 Å². The Morgan fingerprint density at radius 3 is 2.48 bits per heavy atom. The van der Waals surface area contributed by atoms with Gasteiger partial charge in [-0.1, -0.05) is 11.2 Å². The largest absolute Gasteiger partial charge is 0.507 e. The highest BCUT2D eigenvalue weighted by Crippen LogP contribution is 2.36. The molecule has 5 nitrogen and oxygen atoms in total. The molecule has 0 amide bonds. The Labute approximate surface area is 119 Å². The first-order valence-electron chi connectivity index (χ1n) is 6.18. The van der Waals surface area contributed by atoms with Crippen LogP contribution in [0.4, 0.5) is 4.39 Å². The summed E-state index contributed by atoms with van der Waals surface area (Å²) in [7, 11) is 0. The second-order valence-electron chi connectivity index (χ2n) is 4.55. The third kappa shape index (κ3) is 2.31. The molecule has 2 N–H and O–H groups in total. The number of rotatable bonds is 2. The second-order valence-corrected chi connectivity index (χ2v) is 4.55. The number of phenols is 2. The van der Waals surface area contributed by atoms with E-state index in [1.807, 2.05) is 0 Å². The summed E-state index contributed by atoms with van der Waals surface area (Å²) >= 11 is 0. The van der Waals surface area contributed by atoms with E-state index in [1.54, 1.807) is 13.0 Å². The SMILES string of the molecule is Cc1cc(F)ccc1-c1noc(-c2c(O)cccc2O)n1. The van der Waals surface area contributed by atoms with Crippen LogP contribution >= 0.6 is 0 Å². The molecule has 0 unspecified atom stereocenters. The lowest BCUT2D eigenvalue weighted by atomic mass is 10.1. The van der Waals surface area contributed by atoms with Crippen molar-refractivity contribution >= 4 is 0 Å². The molecule has 1 aromatic heterocycles. The maximum Gasteiger partial charge on any atom is 0.265 e. The van der Waals surface area contributed by atoms with Crippen LogP contribution in [0, 0.1) is 12.7 Å². The van der Waals surface area contributed by atoms with E-state index in [9.17, 15) is 14.6 Å². The summed E-state index contributed by atoms with van der Waals surface area (Å²) in [4.78, 5) is 4.14. The van der Waals surface area contributed by atoms with Crippen LogP contribution in [-0.2, 0) is 0 Å². The molecule has 0 saturated carbocycles. The zero-order valence-corrected chi connectivity index (χ0v) is 11.0. The minimum absolute atomic E-state index is 0.00988. The highest BCUT2D eigenvalue weighted by molar-refractivity contribution is 5.71. The van der Waals surface area contributed by atoms with Crippen LogP contribution in [0.1, 0.15) is 5.56 Å². The Hall–Kier alpha value is -2.89. The van der Waals surface area contributed by atoms with Gasteiger partial charge in [-0.05, 0) is 42.8 Å². The van der Waals surface area contributed by atoms with Gasteiger partial charge in [-0.2, -0.15) is 4.98 Å². The van der Waals surface area contributed by atoms with Gasteiger partial charge in [0.15, 0.2) is 0 Å². The number of nitrogens with zero attached hydrogens (tertiary/aromatic N) is 2. The lowest BCUT2D eigenvalue weighted by Gasteiger charge is -2.01. The summed E-state index contributed by atoms with van der Waals surface area (Å²) in [6.07, 6.45) is 0. The molecule has 0 radical (unpaired) electrons. The number of benzene rings is 2. The molecular formula is C15H11FN2O3. The van der Waals surface area contributed by atoms with Gasteiger partial charge >= 0.3 is 0 Å². The molecule has 1 heterocycles. The minimum Gasteiger partial charge on any atom is -0.507 e. The first-order valence-corrected chi connectivity index (χ1v) is 6.18. The Kier molecular flexibility index (Phi) is 3.06. The quantitative estimate of drug-likeness (QED) is 0.756. The minimum atomic E-state index is -0.349. The van der Waals surface area contributed by atoms with E-state index in [-0.39, 0.29) is 34.6 Å². The van der Waals surface area contributed by atoms with Crippen molar-refractivity contribution in [2.75, 3.05) is 0 Å². The third-order valence-corrected chi connectivity index (χ3v) is 3.09. The number of phenolic OH excluding ortho intramolecular Hbond substituents is 2. The average Bonchev–Trinajstić information content (AvgIpc) is 2.87. The molecule has 0 aliphatic heterocycles. The fourth-order valence-electron chi connectivity index (χ4n) is 2.06. The second kappa shape index (κ2) is 4.90. The van der Waals surface area contributed by atoms with Gasteiger partial charge in [0.1, 0.15) is 22.9 Å². The number of aryl methyl sites for hydroxylation is 1. The lowest BCUT2D eigenvalue weighted by Crippen LogP contribution is -1.87. The topological polar surface area (TPSA) is 79.4 Å². The molecule has 106 valence electrons. The summed E-state index contributed by atoms with van der Waals surface area (Å²) in [5, 5.41) is 23.4. The Bertz CT molecular complexity index is 794. The smallest absolute Gasteiger partial charge is 0.265 e. The lowest BCUT2D eigenvalue weighted by molar-refractivity contribution is 0.416. The van der Waals surface area contributed by atoms with Crippen molar-refractivity contribution < 1.29 is 19.1 Å².